The first-order chi connectivity index (χ1) is 11.2. The van der Waals surface area contributed by atoms with E-state index in [1.54, 1.807) is 45.0 Å². The van der Waals surface area contributed by atoms with Gasteiger partial charge in [-0.1, -0.05) is 18.2 Å². The third kappa shape index (κ3) is 6.00. The summed E-state index contributed by atoms with van der Waals surface area (Å²) in [6, 6.07) is 6.83. The van der Waals surface area contributed by atoms with Crippen molar-refractivity contribution in [3.05, 3.63) is 29.8 Å². The van der Waals surface area contributed by atoms with Crippen LogP contribution >= 0.6 is 0 Å². The zero-order chi connectivity index (χ0) is 18.3. The Kier molecular flexibility index (Phi) is 6.91. The second-order valence-corrected chi connectivity index (χ2v) is 6.30. The van der Waals surface area contributed by atoms with Crippen molar-refractivity contribution in [3.8, 4) is 0 Å². The van der Waals surface area contributed by atoms with Gasteiger partial charge in [0.1, 0.15) is 11.3 Å². The molecule has 0 atom stereocenters. The average Bonchev–Trinajstić information content (AvgIpc) is 2.47. The van der Waals surface area contributed by atoms with Crippen molar-refractivity contribution in [3.63, 3.8) is 0 Å². The fourth-order valence-corrected chi connectivity index (χ4v) is 1.89. The van der Waals surface area contributed by atoms with Gasteiger partial charge in [0.05, 0.1) is 19.7 Å². The molecule has 3 N–H and O–H groups in total. The molecule has 0 aliphatic rings. The fourth-order valence-electron chi connectivity index (χ4n) is 1.89. The number of nitrogen functional groups attached to an aromatic ring is 1. The predicted octanol–water partition coefficient (Wildman–Crippen LogP) is 1.49. The fraction of sp³-hybridized carbons (Fsp3) is 0.471. The van der Waals surface area contributed by atoms with E-state index in [-0.39, 0.29) is 31.2 Å². The number of nitrogens with zero attached hydrogens (tertiary/aromatic N) is 2. The molecule has 7 nitrogen and oxygen atoms in total. The number of benzene rings is 1. The maximum absolute atomic E-state index is 12.6. The van der Waals surface area contributed by atoms with Crippen LogP contribution in [-0.2, 0) is 9.53 Å². The standard InChI is InChI=1S/C17H25N3O4/c1-17(2,3)24-16(23)20(4)11-14(22)15(19-9-10-21)12-7-5-6-8-13(12)18/h5-8,21H,9-11,18H2,1-4H3. The number of carbonyl (C=O) groups excluding carboxylic acids is 2. The number of amides is 1. The quantitative estimate of drug-likeness (QED) is 0.605. The summed E-state index contributed by atoms with van der Waals surface area (Å²) in [6.45, 7) is 4.93. The molecule has 1 aromatic rings. The molecule has 0 saturated heterocycles. The molecule has 1 rings (SSSR count). The second kappa shape index (κ2) is 8.44. The van der Waals surface area contributed by atoms with Crippen molar-refractivity contribution in [2.75, 3.05) is 32.5 Å². The number of rotatable bonds is 6. The molecule has 1 amide bonds. The lowest BCUT2D eigenvalue weighted by molar-refractivity contribution is -0.113. The number of ketones is 1. The first-order valence-corrected chi connectivity index (χ1v) is 7.63. The summed E-state index contributed by atoms with van der Waals surface area (Å²) in [5.41, 5.74) is 6.28. The Bertz CT molecular complexity index is 621. The first-order valence-electron chi connectivity index (χ1n) is 7.63. The number of anilines is 1. The lowest BCUT2D eigenvalue weighted by atomic mass is 10.0. The summed E-state index contributed by atoms with van der Waals surface area (Å²) >= 11 is 0. The summed E-state index contributed by atoms with van der Waals surface area (Å²) in [7, 11) is 1.48. The van der Waals surface area contributed by atoms with Crippen molar-refractivity contribution in [2.24, 2.45) is 4.99 Å². The average molecular weight is 335 g/mol. The number of aliphatic imine (C=N–C) groups is 1. The van der Waals surface area contributed by atoms with Gasteiger partial charge in [0.2, 0.25) is 5.78 Å². The van der Waals surface area contributed by atoms with Crippen LogP contribution in [0.1, 0.15) is 26.3 Å². The molecule has 1 aromatic carbocycles. The van der Waals surface area contributed by atoms with Crippen LogP contribution in [0.5, 0.6) is 0 Å². The normalized spacial score (nSPS) is 12.0. The summed E-state index contributed by atoms with van der Waals surface area (Å²) in [5.74, 6) is -0.380. The highest BCUT2D eigenvalue weighted by atomic mass is 16.6. The smallest absolute Gasteiger partial charge is 0.410 e. The van der Waals surface area contributed by atoms with E-state index in [4.69, 9.17) is 15.6 Å². The van der Waals surface area contributed by atoms with Crippen molar-refractivity contribution < 1.29 is 19.4 Å². The van der Waals surface area contributed by atoms with Crippen LogP contribution in [0, 0.1) is 0 Å². The lowest BCUT2D eigenvalue weighted by Gasteiger charge is -2.24. The summed E-state index contributed by atoms with van der Waals surface area (Å²) < 4.78 is 5.22. The van der Waals surface area contributed by atoms with Crippen LogP contribution in [-0.4, -0.2) is 59.9 Å². The van der Waals surface area contributed by atoms with E-state index in [0.717, 1.165) is 0 Å². The molecule has 0 aromatic heterocycles. The Hall–Kier alpha value is -2.41. The number of likely N-dealkylation sites (N-methyl/N-ethyl adjacent to an activating group) is 1. The minimum atomic E-state index is -0.647. The largest absolute Gasteiger partial charge is 0.444 e. The molecule has 0 heterocycles. The van der Waals surface area contributed by atoms with E-state index in [1.807, 2.05) is 0 Å². The highest BCUT2D eigenvalue weighted by Gasteiger charge is 2.24. The molecule has 0 aliphatic carbocycles. The van der Waals surface area contributed by atoms with E-state index in [2.05, 4.69) is 4.99 Å². The van der Waals surface area contributed by atoms with Gasteiger partial charge in [0.15, 0.2) is 0 Å². The highest BCUT2D eigenvalue weighted by Crippen LogP contribution is 2.14. The number of aliphatic hydroxyl groups is 1. The van der Waals surface area contributed by atoms with Gasteiger partial charge >= 0.3 is 6.09 Å². The molecule has 0 spiro atoms. The van der Waals surface area contributed by atoms with Gasteiger partial charge in [-0.15, -0.1) is 0 Å². The number of aliphatic hydroxyl groups excluding tert-OH is 1. The molecule has 0 saturated carbocycles. The van der Waals surface area contributed by atoms with Gasteiger partial charge in [0.25, 0.3) is 0 Å². The third-order valence-electron chi connectivity index (χ3n) is 2.94. The van der Waals surface area contributed by atoms with Crippen molar-refractivity contribution in [1.82, 2.24) is 4.90 Å². The molecule has 132 valence electrons. The van der Waals surface area contributed by atoms with Crippen molar-refractivity contribution in [1.29, 1.82) is 0 Å². The van der Waals surface area contributed by atoms with Crippen molar-refractivity contribution in [2.45, 2.75) is 26.4 Å². The van der Waals surface area contributed by atoms with E-state index in [0.29, 0.717) is 11.3 Å². The summed E-state index contributed by atoms with van der Waals surface area (Å²) in [5, 5.41) is 8.98. The minimum absolute atomic E-state index is 0.0750. The molecule has 24 heavy (non-hydrogen) atoms. The second-order valence-electron chi connectivity index (χ2n) is 6.30. The molecule has 0 fully saturated rings. The number of hydrogen-bond donors (Lipinski definition) is 2. The third-order valence-corrected chi connectivity index (χ3v) is 2.94. The zero-order valence-electron chi connectivity index (χ0n) is 14.6. The number of ether oxygens (including phenoxy) is 1. The molecular formula is C17H25N3O4. The van der Waals surface area contributed by atoms with Gasteiger partial charge in [-0.2, -0.15) is 0 Å². The maximum atomic E-state index is 12.6. The Morgan fingerprint density at radius 1 is 1.29 bits per heavy atom. The molecule has 0 bridgehead atoms. The van der Waals surface area contributed by atoms with Crippen LogP contribution in [0.4, 0.5) is 10.5 Å². The van der Waals surface area contributed by atoms with Crippen LogP contribution in [0.2, 0.25) is 0 Å². The summed E-state index contributed by atoms with van der Waals surface area (Å²) in [4.78, 5) is 29.8. The minimum Gasteiger partial charge on any atom is -0.444 e. The van der Waals surface area contributed by atoms with E-state index >= 15 is 0 Å². The monoisotopic (exact) mass is 335 g/mol. The Morgan fingerprint density at radius 3 is 2.46 bits per heavy atom. The first kappa shape index (κ1) is 19.6. The Balaban J connectivity index is 2.94. The van der Waals surface area contributed by atoms with Crippen LogP contribution in [0.3, 0.4) is 0 Å². The number of para-hydroxylation sites is 1. The van der Waals surface area contributed by atoms with Crippen LogP contribution < -0.4 is 5.73 Å². The number of nitrogens with two attached hydrogens (primary N) is 1. The van der Waals surface area contributed by atoms with E-state index in [9.17, 15) is 9.59 Å². The molecule has 7 heteroatoms. The molecular weight excluding hydrogens is 310 g/mol. The summed E-state index contributed by atoms with van der Waals surface area (Å²) in [6.07, 6.45) is -0.599. The number of carbonyl (C=O) groups is 2. The van der Waals surface area contributed by atoms with Gasteiger partial charge in [-0.25, -0.2) is 4.79 Å². The molecule has 0 unspecified atom stereocenters. The SMILES string of the molecule is CN(CC(=O)C(=NCCO)c1ccccc1N)C(=O)OC(C)(C)C. The number of Topliss-reactive ketones (excluding diaryl/α,β-unsaturated/α-hetero) is 1. The Morgan fingerprint density at radius 2 is 1.92 bits per heavy atom. The van der Waals surface area contributed by atoms with Crippen LogP contribution in [0.25, 0.3) is 0 Å². The van der Waals surface area contributed by atoms with E-state index in [1.165, 1.54) is 11.9 Å². The lowest BCUT2D eigenvalue weighted by Crippen LogP contribution is -2.39. The maximum Gasteiger partial charge on any atom is 0.410 e. The molecule has 0 radical (unpaired) electrons. The van der Waals surface area contributed by atoms with Crippen LogP contribution in [0.15, 0.2) is 29.3 Å². The van der Waals surface area contributed by atoms with Gasteiger partial charge in [-0.05, 0) is 26.8 Å². The molecule has 0 aliphatic heterocycles. The Labute approximate surface area is 142 Å². The van der Waals surface area contributed by atoms with Crippen molar-refractivity contribution >= 4 is 23.3 Å². The predicted molar refractivity (Wildman–Crippen MR) is 93.2 cm³/mol. The topological polar surface area (TPSA) is 105 Å². The van der Waals surface area contributed by atoms with Gasteiger partial charge in [-0.3, -0.25) is 9.79 Å². The zero-order valence-corrected chi connectivity index (χ0v) is 14.6. The van der Waals surface area contributed by atoms with Gasteiger partial charge < -0.3 is 20.5 Å². The highest BCUT2D eigenvalue weighted by molar-refractivity contribution is 6.48. The van der Waals surface area contributed by atoms with Gasteiger partial charge in [0, 0.05) is 18.3 Å². The number of hydrogen-bond acceptors (Lipinski definition) is 6. The van der Waals surface area contributed by atoms with E-state index < -0.39 is 11.7 Å².